The number of carbonyl (C=O) groups excluding carboxylic acids is 1. The summed E-state index contributed by atoms with van der Waals surface area (Å²) in [6, 6.07) is 10.1. The molecule has 98 valence electrons. The van der Waals surface area contributed by atoms with Crippen molar-refractivity contribution >= 4 is 11.6 Å². The summed E-state index contributed by atoms with van der Waals surface area (Å²) in [5.74, 6) is 0.549. The molecule has 0 unspecified atom stereocenters. The van der Waals surface area contributed by atoms with Gasteiger partial charge in [0.05, 0.1) is 5.71 Å². The number of furan rings is 1. The third-order valence-electron chi connectivity index (χ3n) is 2.58. The molecule has 0 radical (unpaired) electrons. The number of benzene rings is 1. The van der Waals surface area contributed by atoms with E-state index in [1.807, 2.05) is 0 Å². The van der Waals surface area contributed by atoms with E-state index in [-0.39, 0.29) is 11.5 Å². The summed E-state index contributed by atoms with van der Waals surface area (Å²) < 4.78 is 5.18. The van der Waals surface area contributed by atoms with Crippen LogP contribution in [0.15, 0.2) is 45.9 Å². The molecule has 19 heavy (non-hydrogen) atoms. The molecular weight excluding hydrogens is 244 g/mol. The Morgan fingerprint density at radius 3 is 2.63 bits per heavy atom. The zero-order valence-corrected chi connectivity index (χ0v) is 10.7. The van der Waals surface area contributed by atoms with E-state index in [9.17, 15) is 9.90 Å². The molecular formula is C14H14N2O3. The fourth-order valence-electron chi connectivity index (χ4n) is 1.59. The lowest BCUT2D eigenvalue weighted by atomic mass is 10.1. The zero-order valence-electron chi connectivity index (χ0n) is 10.7. The molecule has 1 heterocycles. The van der Waals surface area contributed by atoms with Gasteiger partial charge >= 0.3 is 5.91 Å². The quantitative estimate of drug-likeness (QED) is 0.656. The first-order chi connectivity index (χ1) is 9.08. The largest absolute Gasteiger partial charge is 0.507 e. The van der Waals surface area contributed by atoms with Crippen molar-refractivity contribution in [1.82, 2.24) is 5.43 Å². The molecule has 5 nitrogen and oxygen atoms in total. The molecule has 1 amide bonds. The Hall–Kier alpha value is -2.56. The summed E-state index contributed by atoms with van der Waals surface area (Å²) in [7, 11) is 0. The van der Waals surface area contributed by atoms with Gasteiger partial charge in [-0.05, 0) is 38.1 Å². The van der Waals surface area contributed by atoms with Gasteiger partial charge in [0.25, 0.3) is 0 Å². The second-order valence-corrected chi connectivity index (χ2v) is 4.07. The molecule has 1 aromatic carbocycles. The Morgan fingerprint density at radius 2 is 2.00 bits per heavy atom. The number of aromatic hydroxyl groups is 1. The van der Waals surface area contributed by atoms with Gasteiger partial charge in [-0.2, -0.15) is 5.10 Å². The second-order valence-electron chi connectivity index (χ2n) is 4.07. The number of hydrogen-bond acceptors (Lipinski definition) is 4. The molecule has 5 heteroatoms. The number of phenolic OH excluding ortho intramolecular Hbond substituents is 1. The minimum atomic E-state index is -0.428. The Bertz CT molecular complexity index is 629. The minimum absolute atomic E-state index is 0.117. The normalized spacial score (nSPS) is 11.4. The highest BCUT2D eigenvalue weighted by atomic mass is 16.3. The predicted octanol–water partition coefficient (Wildman–Crippen LogP) is 2.45. The molecule has 0 aliphatic carbocycles. The van der Waals surface area contributed by atoms with Crippen molar-refractivity contribution in [3.05, 3.63) is 53.5 Å². The third-order valence-corrected chi connectivity index (χ3v) is 2.58. The van der Waals surface area contributed by atoms with Crippen molar-refractivity contribution < 1.29 is 14.3 Å². The van der Waals surface area contributed by atoms with Crippen LogP contribution in [0.25, 0.3) is 0 Å². The summed E-state index contributed by atoms with van der Waals surface area (Å²) >= 11 is 0. The van der Waals surface area contributed by atoms with E-state index in [1.54, 1.807) is 50.2 Å². The highest BCUT2D eigenvalue weighted by Gasteiger charge is 2.09. The van der Waals surface area contributed by atoms with Gasteiger partial charge in [-0.3, -0.25) is 4.79 Å². The maximum absolute atomic E-state index is 11.7. The standard InChI is InChI=1S/C14H14N2O3/c1-9-7-8-13(19-9)14(18)16-15-10(2)11-5-3-4-6-12(11)17/h3-8,17H,1-2H3,(H,16,18). The summed E-state index contributed by atoms with van der Waals surface area (Å²) in [4.78, 5) is 11.7. The molecule has 0 bridgehead atoms. The number of nitrogens with zero attached hydrogens (tertiary/aromatic N) is 1. The molecule has 1 aromatic heterocycles. The number of nitrogens with one attached hydrogen (secondary N) is 1. The van der Waals surface area contributed by atoms with Crippen LogP contribution in [0.3, 0.4) is 0 Å². The number of rotatable bonds is 3. The third kappa shape index (κ3) is 3.01. The smallest absolute Gasteiger partial charge is 0.307 e. The number of hydrogen-bond donors (Lipinski definition) is 2. The van der Waals surface area contributed by atoms with Crippen LogP contribution < -0.4 is 5.43 Å². The summed E-state index contributed by atoms with van der Waals surface area (Å²) in [5, 5.41) is 13.6. The van der Waals surface area contributed by atoms with Gasteiger partial charge < -0.3 is 9.52 Å². The van der Waals surface area contributed by atoms with Crippen molar-refractivity contribution in [1.29, 1.82) is 0 Å². The molecule has 0 saturated heterocycles. The van der Waals surface area contributed by atoms with E-state index in [0.29, 0.717) is 17.0 Å². The number of para-hydroxylation sites is 1. The lowest BCUT2D eigenvalue weighted by Gasteiger charge is -2.03. The maximum atomic E-state index is 11.7. The molecule has 2 rings (SSSR count). The lowest BCUT2D eigenvalue weighted by Crippen LogP contribution is -2.18. The van der Waals surface area contributed by atoms with Crippen molar-refractivity contribution in [2.24, 2.45) is 5.10 Å². The second kappa shape index (κ2) is 5.39. The molecule has 0 spiro atoms. The fraction of sp³-hybridized carbons (Fsp3) is 0.143. The maximum Gasteiger partial charge on any atom is 0.307 e. The van der Waals surface area contributed by atoms with E-state index >= 15 is 0 Å². The number of amides is 1. The van der Waals surface area contributed by atoms with Gasteiger partial charge in [-0.1, -0.05) is 12.1 Å². The summed E-state index contributed by atoms with van der Waals surface area (Å²) in [6.45, 7) is 3.45. The van der Waals surface area contributed by atoms with Crippen molar-refractivity contribution in [3.63, 3.8) is 0 Å². The highest BCUT2D eigenvalue weighted by Crippen LogP contribution is 2.16. The van der Waals surface area contributed by atoms with Crippen molar-refractivity contribution in [2.75, 3.05) is 0 Å². The number of carbonyl (C=O) groups is 1. The first-order valence-electron chi connectivity index (χ1n) is 5.77. The van der Waals surface area contributed by atoms with Crippen LogP contribution in [0, 0.1) is 6.92 Å². The number of aryl methyl sites for hydroxylation is 1. The Morgan fingerprint density at radius 1 is 1.26 bits per heavy atom. The fourth-order valence-corrected chi connectivity index (χ4v) is 1.59. The monoisotopic (exact) mass is 258 g/mol. The number of hydrazone groups is 1. The SMILES string of the molecule is CC(=NNC(=O)c1ccc(C)o1)c1ccccc1O. The molecule has 0 atom stereocenters. The average molecular weight is 258 g/mol. The van der Waals surface area contributed by atoms with Crippen LogP contribution in [0.2, 0.25) is 0 Å². The molecule has 0 aliphatic rings. The van der Waals surface area contributed by atoms with Crippen LogP contribution in [0.4, 0.5) is 0 Å². The van der Waals surface area contributed by atoms with E-state index in [2.05, 4.69) is 10.5 Å². The van der Waals surface area contributed by atoms with Crippen molar-refractivity contribution in [3.8, 4) is 5.75 Å². The average Bonchev–Trinajstić information content (AvgIpc) is 2.83. The van der Waals surface area contributed by atoms with Gasteiger partial charge in [0.15, 0.2) is 5.76 Å². The predicted molar refractivity (Wildman–Crippen MR) is 71.2 cm³/mol. The van der Waals surface area contributed by atoms with E-state index in [4.69, 9.17) is 4.42 Å². The van der Waals surface area contributed by atoms with Gasteiger partial charge in [-0.25, -0.2) is 5.43 Å². The van der Waals surface area contributed by atoms with Crippen LogP contribution >= 0.6 is 0 Å². The van der Waals surface area contributed by atoms with Crippen LogP contribution in [0.1, 0.15) is 28.8 Å². The molecule has 0 fully saturated rings. The highest BCUT2D eigenvalue weighted by molar-refractivity contribution is 6.02. The Kier molecular flexibility index (Phi) is 3.66. The van der Waals surface area contributed by atoms with Gasteiger partial charge in [-0.15, -0.1) is 0 Å². The number of phenols is 1. The van der Waals surface area contributed by atoms with Crippen LogP contribution in [-0.4, -0.2) is 16.7 Å². The molecule has 2 aromatic rings. The van der Waals surface area contributed by atoms with Gasteiger partial charge in [0.1, 0.15) is 11.5 Å². The summed E-state index contributed by atoms with van der Waals surface area (Å²) in [5.41, 5.74) is 3.46. The Balaban J connectivity index is 2.11. The van der Waals surface area contributed by atoms with Crippen molar-refractivity contribution in [2.45, 2.75) is 13.8 Å². The molecule has 2 N–H and O–H groups in total. The summed E-state index contributed by atoms with van der Waals surface area (Å²) in [6.07, 6.45) is 0. The molecule has 0 aliphatic heterocycles. The topological polar surface area (TPSA) is 74.8 Å². The minimum Gasteiger partial charge on any atom is -0.507 e. The molecule has 0 saturated carbocycles. The van der Waals surface area contributed by atoms with E-state index < -0.39 is 5.91 Å². The lowest BCUT2D eigenvalue weighted by molar-refractivity contribution is 0.0926. The van der Waals surface area contributed by atoms with Gasteiger partial charge in [0.2, 0.25) is 0 Å². The Labute approximate surface area is 110 Å². The van der Waals surface area contributed by atoms with E-state index in [1.165, 1.54) is 0 Å². The van der Waals surface area contributed by atoms with Crippen LogP contribution in [0.5, 0.6) is 5.75 Å². The van der Waals surface area contributed by atoms with Crippen LogP contribution in [-0.2, 0) is 0 Å². The van der Waals surface area contributed by atoms with E-state index in [0.717, 1.165) is 0 Å². The zero-order chi connectivity index (χ0) is 13.8. The van der Waals surface area contributed by atoms with Gasteiger partial charge in [0, 0.05) is 5.56 Å². The first-order valence-corrected chi connectivity index (χ1v) is 5.77. The first kappa shape index (κ1) is 12.9.